The number of benzene rings is 3. The Bertz CT molecular complexity index is 997. The van der Waals surface area contributed by atoms with Crippen LogP contribution in [-0.2, 0) is 0 Å². The highest BCUT2D eigenvalue weighted by Crippen LogP contribution is 2.22. The average Bonchev–Trinajstić information content (AvgIpc) is 2.61. The van der Waals surface area contributed by atoms with E-state index in [0.717, 1.165) is 22.4 Å². The first kappa shape index (κ1) is 16.6. The van der Waals surface area contributed by atoms with Crippen LogP contribution in [0.2, 0.25) is 5.02 Å². The Morgan fingerprint density at radius 1 is 1.12 bits per heavy atom. The molecular weight excluding hydrogens is 342 g/mol. The Morgan fingerprint density at radius 3 is 2.64 bits per heavy atom. The lowest BCUT2D eigenvalue weighted by molar-refractivity contribution is -0.384. The number of non-ortho nitro benzene ring substituents is 1. The second-order valence-corrected chi connectivity index (χ2v) is 5.60. The number of fused-ring (bicyclic) bond motifs is 1. The Morgan fingerprint density at radius 2 is 1.88 bits per heavy atom. The van der Waals surface area contributed by atoms with Crippen molar-refractivity contribution in [3.8, 4) is 0 Å². The lowest BCUT2D eigenvalue weighted by Gasteiger charge is -2.03. The van der Waals surface area contributed by atoms with Crippen LogP contribution in [0.5, 0.6) is 0 Å². The number of nitro benzene ring substituents is 1. The maximum absolute atomic E-state index is 12.1. The molecule has 0 spiro atoms. The number of nitrogens with zero attached hydrogens (tertiary/aromatic N) is 2. The minimum atomic E-state index is -0.577. The van der Waals surface area contributed by atoms with E-state index in [4.69, 9.17) is 11.6 Å². The number of hydrazone groups is 1. The standard InChI is InChI=1S/C18H12ClN3O3/c19-17-10-14(22(24)25)8-9-16(17)18(23)21-20-11-13-6-3-5-12-4-1-2-7-15(12)13/h1-11H,(H,21,23). The number of carbonyl (C=O) groups is 1. The molecule has 6 nitrogen and oxygen atoms in total. The molecule has 0 saturated carbocycles. The normalized spacial score (nSPS) is 10.9. The number of hydrogen-bond donors (Lipinski definition) is 1. The zero-order valence-electron chi connectivity index (χ0n) is 12.8. The minimum absolute atomic E-state index is 0.00735. The lowest BCUT2D eigenvalue weighted by Crippen LogP contribution is -2.18. The summed E-state index contributed by atoms with van der Waals surface area (Å²) in [6.45, 7) is 0. The van der Waals surface area contributed by atoms with Gasteiger partial charge in [0, 0.05) is 17.7 Å². The summed E-state index contributed by atoms with van der Waals surface area (Å²) in [6.07, 6.45) is 1.54. The molecule has 7 heteroatoms. The first-order valence-electron chi connectivity index (χ1n) is 7.31. The van der Waals surface area contributed by atoms with Crippen molar-refractivity contribution in [2.45, 2.75) is 0 Å². The molecule has 0 aliphatic heterocycles. The zero-order valence-corrected chi connectivity index (χ0v) is 13.6. The van der Waals surface area contributed by atoms with E-state index in [1.165, 1.54) is 12.1 Å². The molecule has 0 bridgehead atoms. The second kappa shape index (κ2) is 7.11. The third-order valence-electron chi connectivity index (χ3n) is 3.60. The molecule has 0 aliphatic carbocycles. The van der Waals surface area contributed by atoms with Crippen LogP contribution in [0.1, 0.15) is 15.9 Å². The first-order chi connectivity index (χ1) is 12.1. The fourth-order valence-electron chi connectivity index (χ4n) is 2.39. The Labute approximate surface area is 147 Å². The summed E-state index contributed by atoms with van der Waals surface area (Å²) in [4.78, 5) is 22.2. The smallest absolute Gasteiger partial charge is 0.267 e. The predicted octanol–water partition coefficient (Wildman–Crippen LogP) is 4.17. The molecule has 3 aromatic carbocycles. The van der Waals surface area contributed by atoms with Gasteiger partial charge in [-0.15, -0.1) is 0 Å². The van der Waals surface area contributed by atoms with Gasteiger partial charge in [0.2, 0.25) is 0 Å². The van der Waals surface area contributed by atoms with Crippen molar-refractivity contribution in [2.24, 2.45) is 5.10 Å². The van der Waals surface area contributed by atoms with Crippen LogP contribution < -0.4 is 5.43 Å². The van der Waals surface area contributed by atoms with Crippen LogP contribution in [0.15, 0.2) is 65.8 Å². The van der Waals surface area contributed by atoms with Gasteiger partial charge in [0.25, 0.3) is 11.6 Å². The molecule has 0 unspecified atom stereocenters. The predicted molar refractivity (Wildman–Crippen MR) is 97.1 cm³/mol. The topological polar surface area (TPSA) is 84.6 Å². The number of carbonyl (C=O) groups excluding carboxylic acids is 1. The molecule has 3 aromatic rings. The van der Waals surface area contributed by atoms with Crippen LogP contribution in [0.4, 0.5) is 5.69 Å². The number of nitrogens with one attached hydrogen (secondary N) is 1. The van der Waals surface area contributed by atoms with Crippen molar-refractivity contribution in [3.05, 3.63) is 86.9 Å². The summed E-state index contributed by atoms with van der Waals surface area (Å²) in [6, 6.07) is 17.2. The van der Waals surface area contributed by atoms with Crippen LogP contribution in [-0.4, -0.2) is 17.0 Å². The molecule has 0 fully saturated rings. The van der Waals surface area contributed by atoms with Gasteiger partial charge in [-0.25, -0.2) is 5.43 Å². The van der Waals surface area contributed by atoms with Crippen molar-refractivity contribution < 1.29 is 9.72 Å². The molecule has 0 saturated heterocycles. The van der Waals surface area contributed by atoms with Crippen molar-refractivity contribution in [3.63, 3.8) is 0 Å². The largest absolute Gasteiger partial charge is 0.272 e. The number of halogens is 1. The lowest BCUT2D eigenvalue weighted by atomic mass is 10.1. The number of rotatable bonds is 4. The molecule has 0 aromatic heterocycles. The maximum atomic E-state index is 12.1. The van der Waals surface area contributed by atoms with Crippen molar-refractivity contribution in [2.75, 3.05) is 0 Å². The van der Waals surface area contributed by atoms with Gasteiger partial charge in [-0.1, -0.05) is 54.1 Å². The van der Waals surface area contributed by atoms with Gasteiger partial charge >= 0.3 is 0 Å². The van der Waals surface area contributed by atoms with Crippen LogP contribution >= 0.6 is 11.6 Å². The molecule has 0 radical (unpaired) electrons. The van der Waals surface area contributed by atoms with E-state index in [-0.39, 0.29) is 16.3 Å². The molecule has 0 aliphatic rings. The number of nitro groups is 1. The summed E-state index contributed by atoms with van der Waals surface area (Å²) in [5, 5.41) is 16.7. The highest BCUT2D eigenvalue weighted by Gasteiger charge is 2.14. The van der Waals surface area contributed by atoms with Crippen LogP contribution in [0.3, 0.4) is 0 Å². The van der Waals surface area contributed by atoms with Gasteiger partial charge in [-0.3, -0.25) is 14.9 Å². The highest BCUT2D eigenvalue weighted by molar-refractivity contribution is 6.34. The van der Waals surface area contributed by atoms with Gasteiger partial charge in [-0.2, -0.15) is 5.10 Å². The third kappa shape index (κ3) is 3.64. The number of hydrogen-bond acceptors (Lipinski definition) is 4. The quantitative estimate of drug-likeness (QED) is 0.434. The molecule has 0 heterocycles. The fourth-order valence-corrected chi connectivity index (χ4v) is 2.65. The molecule has 1 N–H and O–H groups in total. The van der Waals surface area contributed by atoms with Crippen LogP contribution in [0.25, 0.3) is 10.8 Å². The average molecular weight is 354 g/mol. The Balaban J connectivity index is 1.78. The van der Waals surface area contributed by atoms with E-state index >= 15 is 0 Å². The van der Waals surface area contributed by atoms with Gasteiger partial charge in [0.1, 0.15) is 0 Å². The molecule has 0 atom stereocenters. The van der Waals surface area contributed by atoms with Gasteiger partial charge in [0.05, 0.1) is 21.7 Å². The monoisotopic (exact) mass is 353 g/mol. The Hall–Kier alpha value is -3.25. The zero-order chi connectivity index (χ0) is 17.8. The Kier molecular flexibility index (Phi) is 4.72. The van der Waals surface area contributed by atoms with E-state index in [2.05, 4.69) is 10.5 Å². The van der Waals surface area contributed by atoms with E-state index in [1.807, 2.05) is 42.5 Å². The van der Waals surface area contributed by atoms with Gasteiger partial charge < -0.3 is 0 Å². The van der Waals surface area contributed by atoms with Crippen molar-refractivity contribution in [1.29, 1.82) is 0 Å². The second-order valence-electron chi connectivity index (χ2n) is 5.19. The van der Waals surface area contributed by atoms with E-state index in [9.17, 15) is 14.9 Å². The fraction of sp³-hybridized carbons (Fsp3) is 0. The summed E-state index contributed by atoms with van der Waals surface area (Å²) in [5.74, 6) is -0.545. The summed E-state index contributed by atoms with van der Waals surface area (Å²) >= 11 is 5.93. The van der Waals surface area contributed by atoms with Crippen molar-refractivity contribution in [1.82, 2.24) is 5.43 Å². The maximum Gasteiger partial charge on any atom is 0.272 e. The summed E-state index contributed by atoms with van der Waals surface area (Å²) in [5.41, 5.74) is 3.17. The highest BCUT2D eigenvalue weighted by atomic mass is 35.5. The SMILES string of the molecule is O=C(NN=Cc1cccc2ccccc12)c1ccc([N+](=O)[O-])cc1Cl. The molecule has 25 heavy (non-hydrogen) atoms. The third-order valence-corrected chi connectivity index (χ3v) is 3.91. The van der Waals surface area contributed by atoms with E-state index in [0.29, 0.717) is 0 Å². The summed E-state index contributed by atoms with van der Waals surface area (Å²) in [7, 11) is 0. The van der Waals surface area contributed by atoms with Gasteiger partial charge in [0.15, 0.2) is 0 Å². The molecular formula is C18H12ClN3O3. The summed E-state index contributed by atoms with van der Waals surface area (Å²) < 4.78 is 0. The van der Waals surface area contributed by atoms with E-state index < -0.39 is 10.8 Å². The molecule has 3 rings (SSSR count). The first-order valence-corrected chi connectivity index (χ1v) is 7.69. The number of amides is 1. The minimum Gasteiger partial charge on any atom is -0.267 e. The van der Waals surface area contributed by atoms with Crippen molar-refractivity contribution >= 4 is 40.2 Å². The van der Waals surface area contributed by atoms with Crippen LogP contribution in [0, 0.1) is 10.1 Å². The van der Waals surface area contributed by atoms with E-state index in [1.54, 1.807) is 6.21 Å². The molecule has 1 amide bonds. The van der Waals surface area contributed by atoms with Gasteiger partial charge in [-0.05, 0) is 16.8 Å². The molecule has 124 valence electrons.